The zero-order chi connectivity index (χ0) is 16.1. The number of rotatable bonds is 4. The van der Waals surface area contributed by atoms with Crippen molar-refractivity contribution < 1.29 is 9.59 Å². The maximum absolute atomic E-state index is 12.6. The second kappa shape index (κ2) is 7.97. The highest BCUT2D eigenvalue weighted by molar-refractivity contribution is 9.10. The summed E-state index contributed by atoms with van der Waals surface area (Å²) in [5.41, 5.74) is 0.477. The number of halogens is 2. The van der Waals surface area contributed by atoms with Crippen LogP contribution in [-0.2, 0) is 4.79 Å². The first-order chi connectivity index (χ1) is 10.5. The number of piperidine rings is 1. The van der Waals surface area contributed by atoms with E-state index < -0.39 is 0 Å². The lowest BCUT2D eigenvalue weighted by Gasteiger charge is -2.32. The molecule has 0 bridgehead atoms. The van der Waals surface area contributed by atoms with Gasteiger partial charge in [-0.2, -0.15) is 0 Å². The molecule has 1 N–H and O–H groups in total. The number of amides is 2. The Kier molecular flexibility index (Phi) is 6.26. The van der Waals surface area contributed by atoms with Crippen LogP contribution in [-0.4, -0.2) is 36.3 Å². The van der Waals surface area contributed by atoms with Gasteiger partial charge in [0.25, 0.3) is 5.91 Å². The van der Waals surface area contributed by atoms with E-state index in [2.05, 4.69) is 21.2 Å². The summed E-state index contributed by atoms with van der Waals surface area (Å²) in [7, 11) is 0. The van der Waals surface area contributed by atoms with Crippen molar-refractivity contribution in [3.63, 3.8) is 0 Å². The molecule has 1 aromatic rings. The van der Waals surface area contributed by atoms with Gasteiger partial charge in [-0.3, -0.25) is 9.59 Å². The Labute approximate surface area is 144 Å². The zero-order valence-electron chi connectivity index (χ0n) is 12.6. The van der Waals surface area contributed by atoms with Crippen molar-refractivity contribution in [2.75, 3.05) is 19.6 Å². The Balaban J connectivity index is 2.07. The van der Waals surface area contributed by atoms with E-state index in [9.17, 15) is 9.59 Å². The molecule has 1 saturated heterocycles. The van der Waals surface area contributed by atoms with Crippen LogP contribution in [0.1, 0.15) is 36.5 Å². The third-order valence-electron chi connectivity index (χ3n) is 3.79. The minimum absolute atomic E-state index is 0.0414. The number of nitrogens with one attached hydrogen (secondary N) is 1. The molecule has 1 aliphatic heterocycles. The number of likely N-dealkylation sites (tertiary alicyclic amines) is 1. The number of nitrogens with zero attached hydrogens (tertiary/aromatic N) is 1. The topological polar surface area (TPSA) is 49.4 Å². The SMILES string of the molecule is CCCNC(=O)C1CCCN(C(=O)c2cc(Br)ccc2Cl)C1. The van der Waals surface area contributed by atoms with Gasteiger partial charge in [-0.1, -0.05) is 34.5 Å². The number of hydrogen-bond acceptors (Lipinski definition) is 2. The van der Waals surface area contributed by atoms with Gasteiger partial charge in [0.2, 0.25) is 5.91 Å². The third-order valence-corrected chi connectivity index (χ3v) is 4.61. The largest absolute Gasteiger partial charge is 0.356 e. The van der Waals surface area contributed by atoms with Crippen LogP contribution in [0.4, 0.5) is 0 Å². The zero-order valence-corrected chi connectivity index (χ0v) is 14.9. The van der Waals surface area contributed by atoms with Crippen LogP contribution >= 0.6 is 27.5 Å². The Morgan fingerprint density at radius 2 is 2.23 bits per heavy atom. The lowest BCUT2D eigenvalue weighted by molar-refractivity contribution is -0.126. The van der Waals surface area contributed by atoms with Crippen molar-refractivity contribution in [1.82, 2.24) is 10.2 Å². The summed E-state index contributed by atoms with van der Waals surface area (Å²) < 4.78 is 0.814. The molecule has 1 aliphatic rings. The van der Waals surface area contributed by atoms with Gasteiger partial charge in [0, 0.05) is 24.1 Å². The van der Waals surface area contributed by atoms with Crippen LogP contribution in [0.2, 0.25) is 5.02 Å². The van der Waals surface area contributed by atoms with Gasteiger partial charge >= 0.3 is 0 Å². The first kappa shape index (κ1) is 17.3. The molecular formula is C16H20BrClN2O2. The van der Waals surface area contributed by atoms with E-state index in [1.807, 2.05) is 6.92 Å². The fourth-order valence-electron chi connectivity index (χ4n) is 2.60. The Morgan fingerprint density at radius 1 is 1.45 bits per heavy atom. The smallest absolute Gasteiger partial charge is 0.255 e. The molecule has 0 aromatic heterocycles. The van der Waals surface area contributed by atoms with E-state index in [0.29, 0.717) is 30.2 Å². The molecule has 0 radical (unpaired) electrons. The Morgan fingerprint density at radius 3 is 2.95 bits per heavy atom. The molecule has 1 unspecified atom stereocenters. The highest BCUT2D eigenvalue weighted by Gasteiger charge is 2.29. The summed E-state index contributed by atoms with van der Waals surface area (Å²) in [6.45, 7) is 3.82. The fraction of sp³-hybridized carbons (Fsp3) is 0.500. The molecule has 1 atom stereocenters. The molecule has 1 aromatic carbocycles. The van der Waals surface area contributed by atoms with Crippen LogP contribution < -0.4 is 5.32 Å². The molecule has 0 saturated carbocycles. The predicted octanol–water partition coefficient (Wildman–Crippen LogP) is 3.48. The summed E-state index contributed by atoms with van der Waals surface area (Å²) in [6.07, 6.45) is 2.57. The quantitative estimate of drug-likeness (QED) is 0.860. The highest BCUT2D eigenvalue weighted by Crippen LogP contribution is 2.25. The molecule has 1 heterocycles. The average molecular weight is 388 g/mol. The summed E-state index contributed by atoms with van der Waals surface area (Å²) in [5.74, 6) is -0.200. The molecule has 4 nitrogen and oxygen atoms in total. The van der Waals surface area contributed by atoms with Gasteiger partial charge < -0.3 is 10.2 Å². The maximum atomic E-state index is 12.6. The van der Waals surface area contributed by atoms with Crippen molar-refractivity contribution in [2.24, 2.45) is 5.92 Å². The van der Waals surface area contributed by atoms with Gasteiger partial charge in [-0.25, -0.2) is 0 Å². The molecule has 22 heavy (non-hydrogen) atoms. The lowest BCUT2D eigenvalue weighted by Crippen LogP contribution is -2.45. The van der Waals surface area contributed by atoms with Crippen LogP contribution in [0, 0.1) is 5.92 Å². The Bertz CT molecular complexity index is 565. The molecule has 6 heteroatoms. The van der Waals surface area contributed by atoms with E-state index in [0.717, 1.165) is 23.7 Å². The fourth-order valence-corrected chi connectivity index (χ4v) is 3.16. The van der Waals surface area contributed by atoms with E-state index in [4.69, 9.17) is 11.6 Å². The van der Waals surface area contributed by atoms with E-state index >= 15 is 0 Å². The molecule has 2 amide bonds. The summed E-state index contributed by atoms with van der Waals surface area (Å²) in [6, 6.07) is 5.23. The summed E-state index contributed by atoms with van der Waals surface area (Å²) in [5, 5.41) is 3.35. The van der Waals surface area contributed by atoms with Crippen LogP contribution in [0.15, 0.2) is 22.7 Å². The maximum Gasteiger partial charge on any atom is 0.255 e. The standard InChI is InChI=1S/C16H20BrClN2O2/c1-2-7-19-15(21)11-4-3-8-20(10-11)16(22)13-9-12(17)5-6-14(13)18/h5-6,9,11H,2-4,7-8,10H2,1H3,(H,19,21). The Hall–Kier alpha value is -1.07. The summed E-state index contributed by atoms with van der Waals surface area (Å²) >= 11 is 9.49. The normalized spacial score (nSPS) is 18.1. The lowest BCUT2D eigenvalue weighted by atomic mass is 9.96. The monoisotopic (exact) mass is 386 g/mol. The van der Waals surface area contributed by atoms with Gasteiger partial charge in [0.15, 0.2) is 0 Å². The van der Waals surface area contributed by atoms with Gasteiger partial charge in [-0.15, -0.1) is 0 Å². The second-order valence-corrected chi connectivity index (χ2v) is 6.83. The number of carbonyl (C=O) groups is 2. The first-order valence-corrected chi connectivity index (χ1v) is 8.72. The van der Waals surface area contributed by atoms with Crippen LogP contribution in [0.25, 0.3) is 0 Å². The van der Waals surface area contributed by atoms with Crippen molar-refractivity contribution in [2.45, 2.75) is 26.2 Å². The minimum Gasteiger partial charge on any atom is -0.356 e. The van der Waals surface area contributed by atoms with E-state index in [1.165, 1.54) is 0 Å². The van der Waals surface area contributed by atoms with Crippen molar-refractivity contribution in [1.29, 1.82) is 0 Å². The van der Waals surface area contributed by atoms with Crippen molar-refractivity contribution >= 4 is 39.3 Å². The van der Waals surface area contributed by atoms with Crippen molar-refractivity contribution in [3.8, 4) is 0 Å². The molecular weight excluding hydrogens is 368 g/mol. The highest BCUT2D eigenvalue weighted by atomic mass is 79.9. The minimum atomic E-state index is -0.129. The molecule has 0 spiro atoms. The predicted molar refractivity (Wildman–Crippen MR) is 91.1 cm³/mol. The number of carbonyl (C=O) groups excluding carboxylic acids is 2. The molecule has 0 aliphatic carbocycles. The van der Waals surface area contributed by atoms with Crippen LogP contribution in [0.5, 0.6) is 0 Å². The third kappa shape index (κ3) is 4.23. The van der Waals surface area contributed by atoms with Crippen molar-refractivity contribution in [3.05, 3.63) is 33.3 Å². The van der Waals surface area contributed by atoms with Gasteiger partial charge in [-0.05, 0) is 37.5 Å². The van der Waals surface area contributed by atoms with Gasteiger partial charge in [0.05, 0.1) is 16.5 Å². The molecule has 1 fully saturated rings. The van der Waals surface area contributed by atoms with E-state index in [-0.39, 0.29) is 17.7 Å². The second-order valence-electron chi connectivity index (χ2n) is 5.51. The first-order valence-electron chi connectivity index (χ1n) is 7.55. The van der Waals surface area contributed by atoms with Crippen LogP contribution in [0.3, 0.4) is 0 Å². The summed E-state index contributed by atoms with van der Waals surface area (Å²) in [4.78, 5) is 26.5. The number of benzene rings is 1. The number of hydrogen-bond donors (Lipinski definition) is 1. The molecule has 120 valence electrons. The van der Waals surface area contributed by atoms with E-state index in [1.54, 1.807) is 23.1 Å². The van der Waals surface area contributed by atoms with Gasteiger partial charge in [0.1, 0.15) is 0 Å². The molecule has 2 rings (SSSR count). The average Bonchev–Trinajstić information content (AvgIpc) is 2.54.